The maximum atomic E-state index is 11.9. The second-order valence-corrected chi connectivity index (χ2v) is 7.37. The zero-order valence-electron chi connectivity index (χ0n) is 17.1. The molecule has 0 spiro atoms. The van der Waals surface area contributed by atoms with Gasteiger partial charge in [-0.25, -0.2) is 9.97 Å². The van der Waals surface area contributed by atoms with Gasteiger partial charge in [-0.3, -0.25) is 9.78 Å². The number of carbonyl (C=O) groups excluding carboxylic acids is 1. The number of nitrogen functional groups attached to an aromatic ring is 1. The summed E-state index contributed by atoms with van der Waals surface area (Å²) in [7, 11) is 0. The number of rotatable bonds is 6. The number of aryl methyl sites for hydroxylation is 1. The molecule has 0 radical (unpaired) electrons. The summed E-state index contributed by atoms with van der Waals surface area (Å²) in [5, 5.41) is 14.6. The van der Waals surface area contributed by atoms with E-state index in [1.165, 1.54) is 6.20 Å². The smallest absolute Gasteiger partial charge is 0.252 e. The van der Waals surface area contributed by atoms with Crippen LogP contribution in [0.25, 0.3) is 0 Å². The molecule has 0 saturated carbocycles. The molecule has 1 amide bonds. The molecule has 0 bridgehead atoms. The SMILES string of the molecule is Cc1cnc(Nc2cc(NC3CCN(c4ccc(N)nn4)CC3)c(C(N)=O)cn2)cn1. The monoisotopic (exact) mass is 420 g/mol. The Hall–Kier alpha value is -4.02. The number of nitrogens with zero attached hydrogens (tertiary/aromatic N) is 6. The Bertz CT molecular complexity index is 1050. The van der Waals surface area contributed by atoms with Crippen molar-refractivity contribution in [3.63, 3.8) is 0 Å². The van der Waals surface area contributed by atoms with Crippen LogP contribution in [-0.2, 0) is 0 Å². The first-order valence-corrected chi connectivity index (χ1v) is 9.94. The van der Waals surface area contributed by atoms with Gasteiger partial charge in [-0.05, 0) is 31.9 Å². The zero-order chi connectivity index (χ0) is 21.8. The van der Waals surface area contributed by atoms with E-state index in [1.54, 1.807) is 24.5 Å². The van der Waals surface area contributed by atoms with E-state index in [-0.39, 0.29) is 6.04 Å². The van der Waals surface area contributed by atoms with E-state index in [0.29, 0.717) is 28.7 Å². The maximum absolute atomic E-state index is 11.9. The van der Waals surface area contributed by atoms with Crippen LogP contribution in [0.15, 0.2) is 36.8 Å². The molecule has 3 aromatic heterocycles. The number of anilines is 5. The van der Waals surface area contributed by atoms with E-state index in [0.717, 1.165) is 37.4 Å². The molecular weight excluding hydrogens is 396 g/mol. The van der Waals surface area contributed by atoms with Gasteiger partial charge in [0, 0.05) is 31.4 Å². The van der Waals surface area contributed by atoms with Crippen LogP contribution in [0, 0.1) is 6.92 Å². The molecule has 11 nitrogen and oxygen atoms in total. The van der Waals surface area contributed by atoms with Crippen molar-refractivity contribution in [2.75, 3.05) is 34.4 Å². The van der Waals surface area contributed by atoms with E-state index >= 15 is 0 Å². The van der Waals surface area contributed by atoms with Crippen LogP contribution < -0.4 is 27.0 Å². The lowest BCUT2D eigenvalue weighted by atomic mass is 10.0. The predicted molar refractivity (Wildman–Crippen MR) is 118 cm³/mol. The lowest BCUT2D eigenvalue weighted by Gasteiger charge is -2.33. The molecule has 11 heteroatoms. The highest BCUT2D eigenvalue weighted by Crippen LogP contribution is 2.25. The minimum absolute atomic E-state index is 0.172. The van der Waals surface area contributed by atoms with E-state index in [4.69, 9.17) is 11.5 Å². The Morgan fingerprint density at radius 2 is 1.84 bits per heavy atom. The Morgan fingerprint density at radius 1 is 1.06 bits per heavy atom. The van der Waals surface area contributed by atoms with E-state index in [9.17, 15) is 4.79 Å². The van der Waals surface area contributed by atoms with Gasteiger partial charge in [0.05, 0.1) is 29.3 Å². The summed E-state index contributed by atoms with van der Waals surface area (Å²) in [6, 6.07) is 5.55. The number of nitrogens with two attached hydrogens (primary N) is 2. The average molecular weight is 420 g/mol. The van der Waals surface area contributed by atoms with Crippen molar-refractivity contribution in [3.05, 3.63) is 48.0 Å². The molecule has 1 aliphatic heterocycles. The molecule has 3 aromatic rings. The zero-order valence-corrected chi connectivity index (χ0v) is 17.1. The molecule has 4 rings (SSSR count). The molecule has 1 saturated heterocycles. The van der Waals surface area contributed by atoms with E-state index < -0.39 is 5.91 Å². The fourth-order valence-corrected chi connectivity index (χ4v) is 3.40. The summed E-state index contributed by atoms with van der Waals surface area (Å²) in [5.41, 5.74) is 13.0. The number of primary amides is 1. The first kappa shape index (κ1) is 20.3. The third-order valence-corrected chi connectivity index (χ3v) is 5.06. The standard InChI is InChI=1S/C20H24N10O/c1-12-9-24-18(11-23-12)27-17-8-15(14(10-25-17)20(22)31)26-13-4-6-30(7-5-13)19-3-2-16(21)28-29-19/h2-3,8-11,13H,4-7H2,1H3,(H2,21,28)(H2,22,31)(H2,24,25,26,27). The fraction of sp³-hybridized carbons (Fsp3) is 0.300. The van der Waals surface area contributed by atoms with Gasteiger partial charge in [0.15, 0.2) is 5.82 Å². The Balaban J connectivity index is 1.44. The van der Waals surface area contributed by atoms with Crippen molar-refractivity contribution >= 4 is 34.9 Å². The molecule has 0 unspecified atom stereocenters. The molecule has 160 valence electrons. The third-order valence-electron chi connectivity index (χ3n) is 5.06. The van der Waals surface area contributed by atoms with Crippen molar-refractivity contribution < 1.29 is 4.79 Å². The number of hydrogen-bond acceptors (Lipinski definition) is 10. The molecule has 6 N–H and O–H groups in total. The highest BCUT2D eigenvalue weighted by Gasteiger charge is 2.22. The fourth-order valence-electron chi connectivity index (χ4n) is 3.40. The molecule has 1 aliphatic rings. The summed E-state index contributed by atoms with van der Waals surface area (Å²) in [5.74, 6) is 1.78. The minimum atomic E-state index is -0.536. The molecule has 0 aromatic carbocycles. The topological polar surface area (TPSA) is 161 Å². The van der Waals surface area contributed by atoms with Crippen molar-refractivity contribution in [2.24, 2.45) is 5.73 Å². The lowest BCUT2D eigenvalue weighted by molar-refractivity contribution is 0.100. The highest BCUT2D eigenvalue weighted by atomic mass is 16.1. The minimum Gasteiger partial charge on any atom is -0.382 e. The van der Waals surface area contributed by atoms with Gasteiger partial charge in [0.2, 0.25) is 0 Å². The van der Waals surface area contributed by atoms with Crippen LogP contribution in [0.5, 0.6) is 0 Å². The van der Waals surface area contributed by atoms with Gasteiger partial charge < -0.3 is 27.0 Å². The van der Waals surface area contributed by atoms with Gasteiger partial charge in [0.25, 0.3) is 5.91 Å². The summed E-state index contributed by atoms with van der Waals surface area (Å²) < 4.78 is 0. The molecule has 4 heterocycles. The largest absolute Gasteiger partial charge is 0.382 e. The van der Waals surface area contributed by atoms with Gasteiger partial charge in [-0.15, -0.1) is 10.2 Å². The Labute approximate surface area is 179 Å². The second kappa shape index (κ2) is 8.78. The van der Waals surface area contributed by atoms with E-state index in [1.807, 2.05) is 13.0 Å². The molecule has 0 atom stereocenters. The van der Waals surface area contributed by atoms with Crippen molar-refractivity contribution in [2.45, 2.75) is 25.8 Å². The number of nitrogens with one attached hydrogen (secondary N) is 2. The van der Waals surface area contributed by atoms with E-state index in [2.05, 4.69) is 40.7 Å². The summed E-state index contributed by atoms with van der Waals surface area (Å²) in [6.07, 6.45) is 6.48. The average Bonchev–Trinajstić information content (AvgIpc) is 2.76. The number of aromatic nitrogens is 5. The van der Waals surface area contributed by atoms with Crippen LogP contribution in [0.1, 0.15) is 28.9 Å². The number of hydrogen-bond donors (Lipinski definition) is 4. The number of carbonyl (C=O) groups is 1. The second-order valence-electron chi connectivity index (χ2n) is 7.37. The first-order chi connectivity index (χ1) is 15.0. The quantitative estimate of drug-likeness (QED) is 0.459. The van der Waals surface area contributed by atoms with Gasteiger partial charge in [-0.1, -0.05) is 0 Å². The van der Waals surface area contributed by atoms with Crippen molar-refractivity contribution in [1.82, 2.24) is 25.1 Å². The van der Waals surface area contributed by atoms with Crippen LogP contribution >= 0.6 is 0 Å². The molecular formula is C20H24N10O. The predicted octanol–water partition coefficient (Wildman–Crippen LogP) is 1.48. The van der Waals surface area contributed by atoms with Crippen LogP contribution in [0.2, 0.25) is 0 Å². The van der Waals surface area contributed by atoms with Gasteiger partial charge in [0.1, 0.15) is 17.5 Å². The van der Waals surface area contributed by atoms with Crippen LogP contribution in [0.4, 0.5) is 29.0 Å². The third kappa shape index (κ3) is 4.94. The lowest BCUT2D eigenvalue weighted by Crippen LogP contribution is -2.40. The number of amides is 1. The van der Waals surface area contributed by atoms with Crippen molar-refractivity contribution in [1.29, 1.82) is 0 Å². The van der Waals surface area contributed by atoms with Gasteiger partial charge >= 0.3 is 0 Å². The van der Waals surface area contributed by atoms with Gasteiger partial charge in [-0.2, -0.15) is 0 Å². The summed E-state index contributed by atoms with van der Waals surface area (Å²) in [4.78, 5) is 26.8. The Morgan fingerprint density at radius 3 is 2.48 bits per heavy atom. The normalized spacial score (nSPS) is 14.3. The maximum Gasteiger partial charge on any atom is 0.252 e. The van der Waals surface area contributed by atoms with Crippen molar-refractivity contribution in [3.8, 4) is 0 Å². The molecule has 31 heavy (non-hydrogen) atoms. The molecule has 1 fully saturated rings. The first-order valence-electron chi connectivity index (χ1n) is 9.94. The molecule has 0 aliphatic carbocycles. The summed E-state index contributed by atoms with van der Waals surface area (Å²) >= 11 is 0. The summed E-state index contributed by atoms with van der Waals surface area (Å²) in [6.45, 7) is 3.47. The van der Waals surface area contributed by atoms with Crippen LogP contribution in [-0.4, -0.2) is 50.2 Å². The Kier molecular flexibility index (Phi) is 5.74. The number of pyridine rings is 1. The van der Waals surface area contributed by atoms with Crippen LogP contribution in [0.3, 0.4) is 0 Å². The highest BCUT2D eigenvalue weighted by molar-refractivity contribution is 5.98. The number of piperidine rings is 1.